The molecule has 0 radical (unpaired) electrons. The van der Waals surface area contributed by atoms with E-state index in [9.17, 15) is 0 Å². The van der Waals surface area contributed by atoms with Gasteiger partial charge in [0.05, 0.1) is 21.3 Å². The third kappa shape index (κ3) is 6.94. The van der Waals surface area contributed by atoms with E-state index >= 15 is 0 Å². The van der Waals surface area contributed by atoms with Crippen LogP contribution in [0.5, 0.6) is 0 Å². The molecule has 28 heavy (non-hydrogen) atoms. The van der Waals surface area contributed by atoms with Crippen LogP contribution in [0.25, 0.3) is 0 Å². The SMILES string of the molecule is CC(C)(NCc1cc(Cl)cc(Cl)c1)/C(C=NCCc1ccc(Cl)c(Cl)c1)=N/N. The van der Waals surface area contributed by atoms with Crippen molar-refractivity contribution in [3.8, 4) is 0 Å². The van der Waals surface area contributed by atoms with Gasteiger partial charge in [0, 0.05) is 29.3 Å². The molecule has 0 fully saturated rings. The van der Waals surface area contributed by atoms with Gasteiger partial charge < -0.3 is 11.2 Å². The average Bonchev–Trinajstić information content (AvgIpc) is 2.62. The van der Waals surface area contributed by atoms with Gasteiger partial charge in [0.2, 0.25) is 0 Å². The van der Waals surface area contributed by atoms with Crippen LogP contribution in [0.15, 0.2) is 46.5 Å². The molecule has 0 aliphatic heterocycles. The number of nitrogens with zero attached hydrogens (tertiary/aromatic N) is 2. The fourth-order valence-corrected chi connectivity index (χ4v) is 3.41. The Labute approximate surface area is 185 Å². The molecule has 3 N–H and O–H groups in total. The predicted molar refractivity (Wildman–Crippen MR) is 123 cm³/mol. The first kappa shape index (κ1) is 23.0. The quantitative estimate of drug-likeness (QED) is 0.297. The van der Waals surface area contributed by atoms with E-state index in [-0.39, 0.29) is 0 Å². The summed E-state index contributed by atoms with van der Waals surface area (Å²) >= 11 is 24.1. The van der Waals surface area contributed by atoms with Gasteiger partial charge in [0.25, 0.3) is 0 Å². The summed E-state index contributed by atoms with van der Waals surface area (Å²) in [4.78, 5) is 4.45. The highest BCUT2D eigenvalue weighted by Crippen LogP contribution is 2.23. The summed E-state index contributed by atoms with van der Waals surface area (Å²) < 4.78 is 0. The minimum atomic E-state index is -0.489. The first-order valence-corrected chi connectivity index (χ1v) is 10.1. The molecule has 150 valence electrons. The predicted octanol–water partition coefficient (Wildman–Crippen LogP) is 5.80. The Hall–Kier alpha value is -1.30. The number of nitrogens with one attached hydrogen (secondary N) is 1. The molecule has 0 heterocycles. The van der Waals surface area contributed by atoms with E-state index in [0.717, 1.165) is 17.5 Å². The van der Waals surface area contributed by atoms with E-state index in [2.05, 4.69) is 15.4 Å². The van der Waals surface area contributed by atoms with Crippen LogP contribution >= 0.6 is 46.4 Å². The van der Waals surface area contributed by atoms with Crippen LogP contribution in [-0.4, -0.2) is 24.0 Å². The minimum absolute atomic E-state index is 0.489. The molecule has 8 heteroatoms. The number of hydrazone groups is 1. The molecule has 0 amide bonds. The van der Waals surface area contributed by atoms with E-state index in [1.807, 2.05) is 38.1 Å². The minimum Gasteiger partial charge on any atom is -0.323 e. The maximum atomic E-state index is 6.05. The second-order valence-electron chi connectivity index (χ2n) is 6.80. The zero-order valence-corrected chi connectivity index (χ0v) is 18.7. The Morgan fingerprint density at radius 2 is 1.68 bits per heavy atom. The number of benzene rings is 2. The highest BCUT2D eigenvalue weighted by atomic mass is 35.5. The van der Waals surface area contributed by atoms with Crippen molar-refractivity contribution in [1.82, 2.24) is 5.32 Å². The highest BCUT2D eigenvalue weighted by Gasteiger charge is 2.23. The molecule has 4 nitrogen and oxygen atoms in total. The lowest BCUT2D eigenvalue weighted by molar-refractivity contribution is 0.507. The summed E-state index contributed by atoms with van der Waals surface area (Å²) in [6.07, 6.45) is 2.43. The Morgan fingerprint density at radius 1 is 1.00 bits per heavy atom. The van der Waals surface area contributed by atoms with Gasteiger partial charge in [0.1, 0.15) is 0 Å². The summed E-state index contributed by atoms with van der Waals surface area (Å²) in [5, 5.41) is 9.57. The van der Waals surface area contributed by atoms with Crippen molar-refractivity contribution < 1.29 is 0 Å². The summed E-state index contributed by atoms with van der Waals surface area (Å²) in [5.74, 6) is 5.59. The molecule has 0 spiro atoms. The normalized spacial score (nSPS) is 12.7. The smallest absolute Gasteiger partial charge is 0.0973 e. The van der Waals surface area contributed by atoms with Crippen molar-refractivity contribution in [2.24, 2.45) is 15.9 Å². The van der Waals surface area contributed by atoms with Crippen molar-refractivity contribution in [3.63, 3.8) is 0 Å². The fourth-order valence-electron chi connectivity index (χ4n) is 2.52. The molecule has 2 aromatic carbocycles. The van der Waals surface area contributed by atoms with Gasteiger partial charge in [-0.05, 0) is 61.7 Å². The van der Waals surface area contributed by atoms with Crippen LogP contribution in [0, 0.1) is 0 Å². The van der Waals surface area contributed by atoms with Gasteiger partial charge in [0.15, 0.2) is 0 Å². The molecule has 0 atom stereocenters. The van der Waals surface area contributed by atoms with E-state index in [4.69, 9.17) is 52.2 Å². The molecule has 0 unspecified atom stereocenters. The van der Waals surface area contributed by atoms with Crippen LogP contribution in [0.3, 0.4) is 0 Å². The van der Waals surface area contributed by atoms with Crippen molar-refractivity contribution in [1.29, 1.82) is 0 Å². The van der Waals surface area contributed by atoms with Crippen molar-refractivity contribution >= 4 is 58.3 Å². The number of rotatable bonds is 8. The van der Waals surface area contributed by atoms with E-state index in [1.54, 1.807) is 18.3 Å². The zero-order valence-electron chi connectivity index (χ0n) is 15.6. The van der Waals surface area contributed by atoms with Crippen LogP contribution < -0.4 is 11.2 Å². The lowest BCUT2D eigenvalue weighted by atomic mass is 9.98. The summed E-state index contributed by atoms with van der Waals surface area (Å²) in [6, 6.07) is 11.0. The Kier molecular flexibility index (Phi) is 8.59. The molecule has 0 bridgehead atoms. The Balaban J connectivity index is 1.94. The molecular formula is C20H22Cl4N4. The number of hydrogen-bond donors (Lipinski definition) is 2. The van der Waals surface area contributed by atoms with Crippen LogP contribution in [0.4, 0.5) is 0 Å². The fraction of sp³-hybridized carbons (Fsp3) is 0.300. The molecule has 2 aromatic rings. The maximum absolute atomic E-state index is 6.05. The van der Waals surface area contributed by atoms with E-state index in [0.29, 0.717) is 38.9 Å². The van der Waals surface area contributed by atoms with Crippen molar-refractivity contribution in [2.45, 2.75) is 32.4 Å². The molecule has 2 rings (SSSR count). The average molecular weight is 460 g/mol. The maximum Gasteiger partial charge on any atom is 0.0973 e. The van der Waals surface area contributed by atoms with Crippen LogP contribution in [0.2, 0.25) is 20.1 Å². The lowest BCUT2D eigenvalue weighted by Gasteiger charge is -2.26. The van der Waals surface area contributed by atoms with E-state index in [1.165, 1.54) is 0 Å². The van der Waals surface area contributed by atoms with Gasteiger partial charge in [-0.1, -0.05) is 52.5 Å². The molecule has 0 saturated carbocycles. The third-order valence-corrected chi connectivity index (χ3v) is 5.34. The molecular weight excluding hydrogens is 438 g/mol. The molecule has 0 aliphatic rings. The van der Waals surface area contributed by atoms with Gasteiger partial charge in [-0.15, -0.1) is 0 Å². The monoisotopic (exact) mass is 458 g/mol. The lowest BCUT2D eigenvalue weighted by Crippen LogP contribution is -2.47. The van der Waals surface area contributed by atoms with Gasteiger partial charge in [-0.2, -0.15) is 5.10 Å². The number of aliphatic imine (C=N–C) groups is 1. The molecule has 0 aromatic heterocycles. The third-order valence-electron chi connectivity index (χ3n) is 4.16. The summed E-state index contributed by atoms with van der Waals surface area (Å²) in [6.45, 7) is 5.10. The Bertz CT molecular complexity index is 858. The topological polar surface area (TPSA) is 62.8 Å². The van der Waals surface area contributed by atoms with Crippen LogP contribution in [0.1, 0.15) is 25.0 Å². The second-order valence-corrected chi connectivity index (χ2v) is 8.49. The number of hydrogen-bond acceptors (Lipinski definition) is 4. The highest BCUT2D eigenvalue weighted by molar-refractivity contribution is 6.42. The molecule has 0 aliphatic carbocycles. The van der Waals surface area contributed by atoms with Gasteiger partial charge >= 0.3 is 0 Å². The van der Waals surface area contributed by atoms with E-state index < -0.39 is 5.54 Å². The zero-order chi connectivity index (χ0) is 20.7. The first-order valence-electron chi connectivity index (χ1n) is 8.63. The number of nitrogens with two attached hydrogens (primary N) is 1. The summed E-state index contributed by atoms with van der Waals surface area (Å²) in [7, 11) is 0. The second kappa shape index (κ2) is 10.5. The van der Waals surface area contributed by atoms with Gasteiger partial charge in [-0.25, -0.2) is 0 Å². The largest absolute Gasteiger partial charge is 0.323 e. The Morgan fingerprint density at radius 3 is 2.29 bits per heavy atom. The standard InChI is InChI=1S/C20H22Cl4N4/c1-20(2,27-11-14-7-15(21)10-16(22)8-14)19(28-25)12-26-6-5-13-3-4-17(23)18(24)9-13/h3-4,7-10,12,27H,5-6,11,25H2,1-2H3/b26-12?,28-19+. The van der Waals surface area contributed by atoms with Crippen molar-refractivity contribution in [3.05, 3.63) is 67.6 Å². The van der Waals surface area contributed by atoms with Crippen LogP contribution in [-0.2, 0) is 13.0 Å². The number of halogens is 4. The summed E-state index contributed by atoms with van der Waals surface area (Å²) in [5.41, 5.74) is 2.18. The molecule has 0 saturated heterocycles. The van der Waals surface area contributed by atoms with Gasteiger partial charge in [-0.3, -0.25) is 4.99 Å². The first-order chi connectivity index (χ1) is 13.2. The van der Waals surface area contributed by atoms with Crippen molar-refractivity contribution in [2.75, 3.05) is 6.54 Å².